The van der Waals surface area contributed by atoms with E-state index in [1.165, 1.54) is 12.8 Å². The Morgan fingerprint density at radius 2 is 1.13 bits per heavy atom. The molecule has 0 aromatic rings. The molecule has 2 N–H and O–H groups in total. The number of aliphatic hydroxyl groups excluding tert-OH is 1. The van der Waals surface area contributed by atoms with Crippen LogP contribution < -0.4 is 0 Å². The fourth-order valence-electron chi connectivity index (χ4n) is 17.3. The van der Waals surface area contributed by atoms with E-state index >= 15 is 8.78 Å². The smallest absolute Gasteiger partial charge is 0.303 e. The van der Waals surface area contributed by atoms with Gasteiger partial charge < -0.3 is 10.2 Å². The van der Waals surface area contributed by atoms with Crippen molar-refractivity contribution in [1.82, 2.24) is 0 Å². The van der Waals surface area contributed by atoms with Gasteiger partial charge in [0.1, 0.15) is 12.3 Å². The van der Waals surface area contributed by atoms with E-state index in [0.717, 1.165) is 70.6 Å². The number of carboxylic acids is 1. The van der Waals surface area contributed by atoms with Gasteiger partial charge in [-0.2, -0.15) is 0 Å². The summed E-state index contributed by atoms with van der Waals surface area (Å²) in [5.74, 6) is 6.02. The third-order valence-corrected chi connectivity index (χ3v) is 20.2. The van der Waals surface area contributed by atoms with Crippen LogP contribution in [0.4, 0.5) is 8.78 Å². The van der Waals surface area contributed by atoms with Crippen molar-refractivity contribution in [3.05, 3.63) is 0 Å². The summed E-state index contributed by atoms with van der Waals surface area (Å²) in [6.07, 6.45) is 14.1. The number of carbonyl (C=O) groups is 1. The van der Waals surface area contributed by atoms with Gasteiger partial charge in [0, 0.05) is 26.6 Å². The van der Waals surface area contributed by atoms with Gasteiger partial charge in [0.2, 0.25) is 0 Å². The van der Waals surface area contributed by atoms with Gasteiger partial charge in [-0.15, -0.1) is 0 Å². The first kappa shape index (κ1) is 37.8. The summed E-state index contributed by atoms with van der Waals surface area (Å²) in [5, 5.41) is 18.9. The fourth-order valence-corrected chi connectivity index (χ4v) is 17.3. The van der Waals surface area contributed by atoms with Crippen molar-refractivity contribution in [3.8, 4) is 0 Å². The highest BCUT2D eigenvalue weighted by molar-refractivity contribution is 5.66. The number of carboxylic acid groups (broad SMARTS) is 1. The lowest BCUT2D eigenvalue weighted by Crippen LogP contribution is -2.59. The molecule has 0 heterocycles. The van der Waals surface area contributed by atoms with Gasteiger partial charge in [-0.25, -0.2) is 8.78 Å². The highest BCUT2D eigenvalue weighted by atomic mass is 19.1. The maximum Gasteiger partial charge on any atom is 0.303 e. The van der Waals surface area contributed by atoms with Crippen molar-refractivity contribution in [1.29, 1.82) is 0 Å². The van der Waals surface area contributed by atoms with E-state index in [0.29, 0.717) is 83.9 Å². The third kappa shape index (κ3) is 6.33. The number of hydrogen-bond donors (Lipinski definition) is 2. The number of fused-ring (bicyclic) bond motifs is 10. The van der Waals surface area contributed by atoms with Crippen molar-refractivity contribution in [2.45, 2.75) is 183 Å². The normalized spacial score (nSPS) is 57.3. The average molecular weight is 745 g/mol. The van der Waals surface area contributed by atoms with Crippen LogP contribution in [-0.2, 0) is 4.79 Å². The van der Waals surface area contributed by atoms with Gasteiger partial charge >= 0.3 is 5.97 Å². The molecule has 0 aromatic carbocycles. The largest absolute Gasteiger partial charge is 0.481 e. The quantitative estimate of drug-likeness (QED) is 0.285. The van der Waals surface area contributed by atoms with Gasteiger partial charge in [0.15, 0.2) is 0 Å². The minimum absolute atomic E-state index is 0.0813. The zero-order valence-electron chi connectivity index (χ0n) is 37.0. The molecular formula is C48H80F2O3. The maximum atomic E-state index is 16.1. The Morgan fingerprint density at radius 1 is 0.698 bits per heavy atom. The summed E-state index contributed by atoms with van der Waals surface area (Å²) in [6.45, 7) is 18.6. The molecule has 8 aliphatic carbocycles. The summed E-state index contributed by atoms with van der Waals surface area (Å²) in [4.78, 5) is 11.1. The molecule has 0 radical (unpaired) electrons. The standard InChI is InChI=1S/C25H41FO2.C23H39FO/c1-15(8-11-22(27)28)18-9-10-19-23-16(2)13-17-7-5-6-12-24(17,3)20(23)14-21(26)25(18,19)4;1-14-11-16-7-5-6-10-22(16,3)19-12-20(24)23(4)17(15(2)13-25)8-9-18(23)21(14)19/h15-21,23H,5-14H2,1-4H3,(H,27,28);14-21,25H,5-13H2,1-4H3/t15?,16?,17?,18?,19?,20?,21?,23?,24-,25+;14?,15?,16?,17?,18?,19?,20?,21?,22-,23+/m00/s1/i2*5D/t5?,15?,16?,17?,18?,19?,20?,21?,23?,24-,25+;5?,14?,15?,16?,17?,18?,19?,20?,21?,22-,23+. The van der Waals surface area contributed by atoms with E-state index in [-0.39, 0.29) is 59.3 Å². The van der Waals surface area contributed by atoms with Crippen LogP contribution in [0.25, 0.3) is 0 Å². The van der Waals surface area contributed by atoms with Crippen LogP contribution in [0.2, 0.25) is 0 Å². The second kappa shape index (κ2) is 14.9. The molecule has 0 amide bonds. The molecule has 8 saturated carbocycles. The summed E-state index contributed by atoms with van der Waals surface area (Å²) >= 11 is 0. The van der Waals surface area contributed by atoms with Crippen molar-refractivity contribution in [3.63, 3.8) is 0 Å². The highest BCUT2D eigenvalue weighted by Crippen LogP contribution is 2.71. The van der Waals surface area contributed by atoms with E-state index in [1.807, 2.05) is 0 Å². The Hall–Kier alpha value is -0.710. The molecule has 8 aliphatic rings. The zero-order valence-corrected chi connectivity index (χ0v) is 35.0. The van der Waals surface area contributed by atoms with E-state index < -0.39 is 18.3 Å². The minimum Gasteiger partial charge on any atom is -0.481 e. The Kier molecular flexibility index (Phi) is 10.6. The SMILES string of the molecule is [2H]C1CC[C@@]2(C)C(C1)CC(C)C1C2CC(F)[C@]2(C)C(C(C)CCC(=O)O)CCC12.[2H]C1CC[C@@]2(C)C(C1)CC(C)C1C2CC(F)[C@]2(C)C(C(C)CO)CCC12. The molecule has 8 fully saturated rings. The molecule has 0 aromatic heterocycles. The topological polar surface area (TPSA) is 57.5 Å². The lowest BCUT2D eigenvalue weighted by molar-refractivity contribution is -0.166. The Balaban J connectivity index is 0.000000170. The van der Waals surface area contributed by atoms with E-state index in [1.54, 1.807) is 0 Å². The van der Waals surface area contributed by atoms with Crippen molar-refractivity contribution in [2.75, 3.05) is 6.61 Å². The zero-order chi connectivity index (χ0) is 40.0. The Bertz CT molecular complexity index is 1380. The molecule has 304 valence electrons. The van der Waals surface area contributed by atoms with Crippen LogP contribution in [0.15, 0.2) is 0 Å². The van der Waals surface area contributed by atoms with Crippen LogP contribution in [0.1, 0.15) is 174 Å². The fraction of sp³-hybridized carbons (Fsp3) is 0.979. The van der Waals surface area contributed by atoms with Crippen LogP contribution in [-0.4, -0.2) is 35.1 Å². The molecule has 8 rings (SSSR count). The van der Waals surface area contributed by atoms with Gasteiger partial charge in [-0.05, 0) is 177 Å². The van der Waals surface area contributed by atoms with Gasteiger partial charge in [0.25, 0.3) is 0 Å². The lowest BCUT2D eigenvalue weighted by Gasteiger charge is -2.63. The minimum atomic E-state index is -0.773. The lowest BCUT2D eigenvalue weighted by atomic mass is 9.42. The molecule has 5 heteroatoms. The van der Waals surface area contributed by atoms with E-state index in [2.05, 4.69) is 55.4 Å². The van der Waals surface area contributed by atoms with E-state index in [9.17, 15) is 9.90 Å². The predicted octanol–water partition coefficient (Wildman–Crippen LogP) is 12.6. The first-order valence-corrected chi connectivity index (χ1v) is 22.8. The second-order valence-electron chi connectivity index (χ2n) is 22.1. The van der Waals surface area contributed by atoms with Gasteiger partial charge in [0.05, 0.1) is 0 Å². The molecule has 0 saturated heterocycles. The molecular weight excluding hydrogens is 663 g/mol. The number of alkyl halides is 2. The van der Waals surface area contributed by atoms with Crippen molar-refractivity contribution < 1.29 is 26.5 Å². The molecule has 18 unspecified atom stereocenters. The Labute approximate surface area is 326 Å². The second-order valence-corrected chi connectivity index (χ2v) is 22.1. The van der Waals surface area contributed by atoms with Gasteiger partial charge in [-0.1, -0.05) is 81.0 Å². The number of aliphatic carboxylic acids is 1. The molecule has 3 nitrogen and oxygen atoms in total. The number of hydrogen-bond acceptors (Lipinski definition) is 2. The third-order valence-electron chi connectivity index (χ3n) is 20.2. The van der Waals surface area contributed by atoms with Crippen LogP contribution >= 0.6 is 0 Å². The van der Waals surface area contributed by atoms with Crippen molar-refractivity contribution in [2.24, 2.45) is 105 Å². The van der Waals surface area contributed by atoms with Crippen LogP contribution in [0.5, 0.6) is 0 Å². The number of aliphatic hydroxyl groups is 1. The molecule has 0 spiro atoms. The van der Waals surface area contributed by atoms with Crippen LogP contribution in [0, 0.1) is 105 Å². The number of rotatable bonds is 6. The molecule has 0 aliphatic heterocycles. The molecule has 53 heavy (non-hydrogen) atoms. The first-order chi connectivity index (χ1) is 25.8. The van der Waals surface area contributed by atoms with Gasteiger partial charge in [-0.3, -0.25) is 4.79 Å². The van der Waals surface area contributed by atoms with E-state index in [4.69, 9.17) is 7.85 Å². The molecule has 0 bridgehead atoms. The maximum absolute atomic E-state index is 16.1. The predicted molar refractivity (Wildman–Crippen MR) is 212 cm³/mol. The first-order valence-electron chi connectivity index (χ1n) is 23.9. The summed E-state index contributed by atoms with van der Waals surface area (Å²) in [6, 6.07) is 0. The average Bonchev–Trinajstić information content (AvgIpc) is 3.68. The number of halogens is 2. The summed E-state index contributed by atoms with van der Waals surface area (Å²) in [5.41, 5.74) is -0.0644. The Morgan fingerprint density at radius 3 is 1.55 bits per heavy atom. The van der Waals surface area contributed by atoms with Crippen molar-refractivity contribution >= 4 is 5.97 Å². The monoisotopic (exact) mass is 745 g/mol. The summed E-state index contributed by atoms with van der Waals surface area (Å²) in [7, 11) is 0. The van der Waals surface area contributed by atoms with Crippen LogP contribution in [0.3, 0.4) is 0 Å². The molecule has 22 atom stereocenters. The summed E-state index contributed by atoms with van der Waals surface area (Å²) < 4.78 is 48.5. The highest BCUT2D eigenvalue weighted by Gasteiger charge is 2.67.